The monoisotopic (exact) mass is 593 g/mol. The third-order valence-corrected chi connectivity index (χ3v) is 8.74. The van der Waals surface area contributed by atoms with Crippen LogP contribution in [-0.4, -0.2) is 64.7 Å². The molecule has 0 radical (unpaired) electrons. The fourth-order valence-corrected chi connectivity index (χ4v) is 6.15. The summed E-state index contributed by atoms with van der Waals surface area (Å²) in [6.07, 6.45) is 4.68. The summed E-state index contributed by atoms with van der Waals surface area (Å²) < 4.78 is 0. The molecule has 2 heterocycles. The maximum Gasteiger partial charge on any atom is 0.322 e. The highest BCUT2D eigenvalue weighted by Gasteiger charge is 2.30. The van der Waals surface area contributed by atoms with Crippen LogP contribution in [0.15, 0.2) is 65.6 Å². The summed E-state index contributed by atoms with van der Waals surface area (Å²) in [6.45, 7) is 8.85. The first kappa shape index (κ1) is 30.9. The number of nitrogens with one attached hydrogen (secondary N) is 2. The number of thioether (sulfide) groups is 1. The second kappa shape index (κ2) is 14.7. The zero-order valence-electron chi connectivity index (χ0n) is 24.3. The SMILES string of the molecule is CSc1ccc(NC(=O)N(Cc2ccccc2)C2CCN(C(C)CCNC(=O)c3c(C)cc(Cl)nc3C)CC2)cc1. The molecule has 4 rings (SSSR count). The van der Waals surface area contributed by atoms with Gasteiger partial charge in [0.05, 0.1) is 11.3 Å². The van der Waals surface area contributed by atoms with Crippen LogP contribution < -0.4 is 10.6 Å². The van der Waals surface area contributed by atoms with Gasteiger partial charge in [0.15, 0.2) is 0 Å². The van der Waals surface area contributed by atoms with Crippen LogP contribution in [0.25, 0.3) is 0 Å². The Morgan fingerprint density at radius 2 is 1.78 bits per heavy atom. The number of halogens is 1. The minimum atomic E-state index is -0.110. The number of pyridine rings is 1. The molecule has 9 heteroatoms. The molecule has 1 fully saturated rings. The number of nitrogens with zero attached hydrogens (tertiary/aromatic N) is 3. The van der Waals surface area contributed by atoms with Crippen molar-refractivity contribution in [1.29, 1.82) is 0 Å². The molecule has 0 bridgehead atoms. The fraction of sp³-hybridized carbons (Fsp3) is 0.406. The number of carbonyl (C=O) groups excluding carboxylic acids is 2. The molecule has 1 aromatic heterocycles. The van der Waals surface area contributed by atoms with Crippen molar-refractivity contribution in [1.82, 2.24) is 20.1 Å². The van der Waals surface area contributed by atoms with E-state index < -0.39 is 0 Å². The van der Waals surface area contributed by atoms with Crippen LogP contribution in [0.1, 0.15) is 53.4 Å². The summed E-state index contributed by atoms with van der Waals surface area (Å²) in [5, 5.41) is 6.58. The van der Waals surface area contributed by atoms with E-state index in [2.05, 4.69) is 39.6 Å². The topological polar surface area (TPSA) is 77.6 Å². The first-order valence-electron chi connectivity index (χ1n) is 14.2. The highest BCUT2D eigenvalue weighted by Crippen LogP contribution is 2.24. The quantitative estimate of drug-likeness (QED) is 0.200. The van der Waals surface area contributed by atoms with Crippen molar-refractivity contribution in [3.8, 4) is 0 Å². The summed E-state index contributed by atoms with van der Waals surface area (Å²) >= 11 is 7.70. The molecule has 41 heavy (non-hydrogen) atoms. The van der Waals surface area contributed by atoms with Gasteiger partial charge in [-0.25, -0.2) is 9.78 Å². The summed E-state index contributed by atoms with van der Waals surface area (Å²) in [7, 11) is 0. The maximum atomic E-state index is 13.5. The molecule has 3 aromatic rings. The van der Waals surface area contributed by atoms with E-state index in [1.54, 1.807) is 17.8 Å². The minimum Gasteiger partial charge on any atom is -0.352 e. The van der Waals surface area contributed by atoms with Gasteiger partial charge in [0, 0.05) is 48.8 Å². The Morgan fingerprint density at radius 1 is 1.10 bits per heavy atom. The molecule has 0 saturated carbocycles. The summed E-state index contributed by atoms with van der Waals surface area (Å²) in [5.74, 6) is -0.110. The Hall–Kier alpha value is -3.07. The van der Waals surface area contributed by atoms with Crippen molar-refractivity contribution in [2.24, 2.45) is 0 Å². The third kappa shape index (κ3) is 8.47. The molecule has 2 aromatic carbocycles. The van der Waals surface area contributed by atoms with E-state index >= 15 is 0 Å². The van der Waals surface area contributed by atoms with Crippen LogP contribution >= 0.6 is 23.4 Å². The zero-order chi connectivity index (χ0) is 29.4. The highest BCUT2D eigenvalue weighted by atomic mass is 35.5. The fourth-order valence-electron chi connectivity index (χ4n) is 5.45. The molecular formula is C32H40ClN5O2S. The molecule has 3 amide bonds. The number of anilines is 1. The largest absolute Gasteiger partial charge is 0.352 e. The Bertz CT molecular complexity index is 1290. The van der Waals surface area contributed by atoms with Gasteiger partial charge in [0.25, 0.3) is 5.91 Å². The maximum absolute atomic E-state index is 13.5. The van der Waals surface area contributed by atoms with Gasteiger partial charge in [-0.2, -0.15) is 0 Å². The van der Waals surface area contributed by atoms with Gasteiger partial charge in [-0.05, 0) is 87.7 Å². The molecule has 0 spiro atoms. The average molecular weight is 594 g/mol. The van der Waals surface area contributed by atoms with E-state index in [4.69, 9.17) is 11.6 Å². The zero-order valence-corrected chi connectivity index (χ0v) is 25.9. The lowest BCUT2D eigenvalue weighted by Crippen LogP contribution is -2.50. The first-order valence-corrected chi connectivity index (χ1v) is 15.8. The van der Waals surface area contributed by atoms with Crippen molar-refractivity contribution in [2.45, 2.75) is 63.6 Å². The predicted molar refractivity (Wildman–Crippen MR) is 169 cm³/mol. The van der Waals surface area contributed by atoms with Crippen LogP contribution in [0.5, 0.6) is 0 Å². The number of benzene rings is 2. The van der Waals surface area contributed by atoms with Crippen molar-refractivity contribution in [3.63, 3.8) is 0 Å². The summed E-state index contributed by atoms with van der Waals surface area (Å²) in [6, 6.07) is 20.3. The van der Waals surface area contributed by atoms with Crippen LogP contribution in [0.4, 0.5) is 10.5 Å². The summed E-state index contributed by atoms with van der Waals surface area (Å²) in [4.78, 5) is 36.2. The lowest BCUT2D eigenvalue weighted by Gasteiger charge is -2.40. The number of aromatic nitrogens is 1. The number of aryl methyl sites for hydroxylation is 2. The predicted octanol–water partition coefficient (Wildman–Crippen LogP) is 6.78. The molecule has 1 saturated heterocycles. The lowest BCUT2D eigenvalue weighted by atomic mass is 10.00. The highest BCUT2D eigenvalue weighted by molar-refractivity contribution is 7.98. The van der Waals surface area contributed by atoms with E-state index in [0.29, 0.717) is 35.5 Å². The number of carbonyl (C=O) groups is 2. The van der Waals surface area contributed by atoms with E-state index in [-0.39, 0.29) is 18.0 Å². The van der Waals surface area contributed by atoms with Gasteiger partial charge in [-0.15, -0.1) is 11.8 Å². The van der Waals surface area contributed by atoms with E-state index in [0.717, 1.165) is 54.1 Å². The molecular weight excluding hydrogens is 554 g/mol. The number of rotatable bonds is 10. The number of hydrogen-bond acceptors (Lipinski definition) is 5. The van der Waals surface area contributed by atoms with Gasteiger partial charge >= 0.3 is 6.03 Å². The number of likely N-dealkylation sites (tertiary alicyclic amines) is 1. The molecule has 1 aliphatic rings. The second-order valence-electron chi connectivity index (χ2n) is 10.7. The molecule has 7 nitrogen and oxygen atoms in total. The Labute approximate surface area is 253 Å². The van der Waals surface area contributed by atoms with E-state index in [9.17, 15) is 9.59 Å². The minimum absolute atomic E-state index is 0.0674. The smallest absolute Gasteiger partial charge is 0.322 e. The Morgan fingerprint density at radius 3 is 2.41 bits per heavy atom. The molecule has 2 N–H and O–H groups in total. The van der Waals surface area contributed by atoms with Crippen LogP contribution in [-0.2, 0) is 6.54 Å². The van der Waals surface area contributed by atoms with E-state index in [1.807, 2.05) is 67.5 Å². The third-order valence-electron chi connectivity index (χ3n) is 7.80. The van der Waals surface area contributed by atoms with Crippen molar-refractivity contribution >= 4 is 41.0 Å². The number of amides is 3. The van der Waals surface area contributed by atoms with Crippen molar-refractivity contribution in [3.05, 3.63) is 88.2 Å². The summed E-state index contributed by atoms with van der Waals surface area (Å²) in [5.41, 5.74) is 3.99. The van der Waals surface area contributed by atoms with Crippen LogP contribution in [0.3, 0.4) is 0 Å². The van der Waals surface area contributed by atoms with Crippen molar-refractivity contribution in [2.75, 3.05) is 31.2 Å². The number of urea groups is 1. The molecule has 1 atom stereocenters. The van der Waals surface area contributed by atoms with Crippen molar-refractivity contribution < 1.29 is 9.59 Å². The Kier molecular flexibility index (Phi) is 11.1. The van der Waals surface area contributed by atoms with E-state index in [1.165, 1.54) is 0 Å². The standard InChI is InChI=1S/C32H40ClN5O2S/c1-22-20-29(33)35-24(3)30(22)31(39)34-17-14-23(2)37-18-15-27(16-19-37)38(21-25-8-6-5-7-9-25)32(40)36-26-10-12-28(41-4)13-11-26/h5-13,20,23,27H,14-19,21H2,1-4H3,(H,34,39)(H,36,40). The molecule has 1 unspecified atom stereocenters. The molecule has 218 valence electrons. The average Bonchev–Trinajstić information content (AvgIpc) is 2.96. The first-order chi connectivity index (χ1) is 19.7. The van der Waals surface area contributed by atoms with Gasteiger partial charge in [-0.1, -0.05) is 41.9 Å². The van der Waals surface area contributed by atoms with Gasteiger partial charge in [0.2, 0.25) is 0 Å². The normalized spacial score (nSPS) is 14.9. The lowest BCUT2D eigenvalue weighted by molar-refractivity contribution is 0.0918. The Balaban J connectivity index is 1.32. The van der Waals surface area contributed by atoms with Gasteiger partial charge < -0.3 is 20.4 Å². The van der Waals surface area contributed by atoms with Gasteiger partial charge in [0.1, 0.15) is 5.15 Å². The van der Waals surface area contributed by atoms with Crippen LogP contribution in [0, 0.1) is 13.8 Å². The molecule has 0 aliphatic carbocycles. The van der Waals surface area contributed by atoms with Crippen LogP contribution in [0.2, 0.25) is 5.15 Å². The number of piperidine rings is 1. The molecule has 1 aliphatic heterocycles. The van der Waals surface area contributed by atoms with Gasteiger partial charge in [-0.3, -0.25) is 4.79 Å². The number of hydrogen-bond donors (Lipinski definition) is 2. The second-order valence-corrected chi connectivity index (χ2v) is 11.9.